The van der Waals surface area contributed by atoms with E-state index in [4.69, 9.17) is 0 Å². The summed E-state index contributed by atoms with van der Waals surface area (Å²) < 4.78 is 0. The van der Waals surface area contributed by atoms with Crippen LogP contribution in [0.2, 0.25) is 0 Å². The molecule has 0 bridgehead atoms. The first kappa shape index (κ1) is 9.17. The number of hydrogen-bond acceptors (Lipinski definition) is 1. The van der Waals surface area contributed by atoms with Crippen molar-refractivity contribution in [2.75, 3.05) is 0 Å². The molecule has 0 unspecified atom stereocenters. The van der Waals surface area contributed by atoms with E-state index in [9.17, 15) is 4.79 Å². The quantitative estimate of drug-likeness (QED) is 0.567. The molecule has 0 heterocycles. The smallest absolute Gasteiger partial charge is 0.163 e. The molecule has 4 rings (SSSR count). The van der Waals surface area contributed by atoms with Crippen molar-refractivity contribution in [2.45, 2.75) is 19.3 Å². The van der Waals surface area contributed by atoms with E-state index >= 15 is 0 Å². The minimum Gasteiger partial charge on any atom is -0.294 e. The van der Waals surface area contributed by atoms with E-state index in [0.29, 0.717) is 12.2 Å². The maximum atomic E-state index is 12.0. The van der Waals surface area contributed by atoms with Crippen molar-refractivity contribution in [3.63, 3.8) is 0 Å². The number of rotatable bonds is 0. The molecule has 17 heavy (non-hydrogen) atoms. The van der Waals surface area contributed by atoms with Crippen molar-refractivity contribution in [3.8, 4) is 11.1 Å². The topological polar surface area (TPSA) is 17.1 Å². The second-order valence-corrected chi connectivity index (χ2v) is 4.88. The summed E-state index contributed by atoms with van der Waals surface area (Å²) in [6.07, 6.45) is 2.56. The van der Waals surface area contributed by atoms with Crippen LogP contribution in [0.5, 0.6) is 0 Å². The Kier molecular flexibility index (Phi) is 1.66. The molecule has 0 saturated carbocycles. The van der Waals surface area contributed by atoms with Gasteiger partial charge in [0.1, 0.15) is 0 Å². The predicted molar refractivity (Wildman–Crippen MR) is 67.3 cm³/mol. The number of Topliss-reactive ketones (excluding diaryl/α,β-unsaturated/α-hetero) is 1. The highest BCUT2D eigenvalue weighted by molar-refractivity contribution is 6.04. The number of carbonyl (C=O) groups excluding carboxylic acids is 1. The summed E-state index contributed by atoms with van der Waals surface area (Å²) in [6, 6.07) is 12.8. The SMILES string of the molecule is O=C1CCc2ccc3c(c21)Cc1ccccc1-3. The molecule has 0 radical (unpaired) electrons. The summed E-state index contributed by atoms with van der Waals surface area (Å²) in [4.78, 5) is 12.0. The largest absolute Gasteiger partial charge is 0.294 e. The van der Waals surface area contributed by atoms with Gasteiger partial charge >= 0.3 is 0 Å². The lowest BCUT2D eigenvalue weighted by Crippen LogP contribution is -1.98. The summed E-state index contributed by atoms with van der Waals surface area (Å²) in [6.45, 7) is 0. The van der Waals surface area contributed by atoms with Crippen LogP contribution in [-0.2, 0) is 12.8 Å². The molecule has 2 aromatic carbocycles. The Hall–Kier alpha value is -1.89. The molecular formula is C16H12O. The first-order valence-corrected chi connectivity index (χ1v) is 6.11. The van der Waals surface area contributed by atoms with E-state index < -0.39 is 0 Å². The lowest BCUT2D eigenvalue weighted by Gasteiger charge is -2.05. The van der Waals surface area contributed by atoms with Crippen LogP contribution in [0.25, 0.3) is 11.1 Å². The zero-order valence-electron chi connectivity index (χ0n) is 9.49. The van der Waals surface area contributed by atoms with Gasteiger partial charge in [0.15, 0.2) is 5.78 Å². The van der Waals surface area contributed by atoms with E-state index in [1.165, 1.54) is 27.8 Å². The van der Waals surface area contributed by atoms with Gasteiger partial charge in [0.05, 0.1) is 0 Å². The molecule has 2 aliphatic carbocycles. The molecule has 2 aliphatic rings. The molecule has 0 spiro atoms. The fraction of sp³-hybridized carbons (Fsp3) is 0.188. The highest BCUT2D eigenvalue weighted by Crippen LogP contribution is 2.41. The zero-order valence-corrected chi connectivity index (χ0v) is 9.49. The summed E-state index contributed by atoms with van der Waals surface area (Å²) in [5.41, 5.74) is 7.49. The molecule has 1 nitrogen and oxygen atoms in total. The number of aryl methyl sites for hydroxylation is 1. The highest BCUT2D eigenvalue weighted by atomic mass is 16.1. The van der Waals surface area contributed by atoms with Gasteiger partial charge < -0.3 is 0 Å². The van der Waals surface area contributed by atoms with Gasteiger partial charge in [-0.3, -0.25) is 4.79 Å². The van der Waals surface area contributed by atoms with Gasteiger partial charge in [0.2, 0.25) is 0 Å². The maximum absolute atomic E-state index is 12.0. The van der Waals surface area contributed by atoms with Crippen molar-refractivity contribution < 1.29 is 4.79 Å². The molecule has 1 heteroatoms. The van der Waals surface area contributed by atoms with Crippen LogP contribution in [0.3, 0.4) is 0 Å². The van der Waals surface area contributed by atoms with E-state index in [-0.39, 0.29) is 0 Å². The summed E-state index contributed by atoms with van der Waals surface area (Å²) in [7, 11) is 0. The van der Waals surface area contributed by atoms with Crippen molar-refractivity contribution >= 4 is 5.78 Å². The van der Waals surface area contributed by atoms with E-state index in [2.05, 4.69) is 36.4 Å². The van der Waals surface area contributed by atoms with Crippen molar-refractivity contribution in [1.82, 2.24) is 0 Å². The van der Waals surface area contributed by atoms with Gasteiger partial charge in [0, 0.05) is 12.0 Å². The number of ketones is 1. The van der Waals surface area contributed by atoms with E-state index in [1.807, 2.05) is 0 Å². The Morgan fingerprint density at radius 2 is 1.71 bits per heavy atom. The van der Waals surface area contributed by atoms with Gasteiger partial charge in [0.25, 0.3) is 0 Å². The van der Waals surface area contributed by atoms with Gasteiger partial charge in [-0.05, 0) is 40.7 Å². The summed E-state index contributed by atoms with van der Waals surface area (Å²) in [5, 5.41) is 0. The van der Waals surface area contributed by atoms with Gasteiger partial charge in [-0.2, -0.15) is 0 Å². The van der Waals surface area contributed by atoms with Gasteiger partial charge in [-0.15, -0.1) is 0 Å². The highest BCUT2D eigenvalue weighted by Gasteiger charge is 2.28. The third-order valence-electron chi connectivity index (χ3n) is 3.97. The van der Waals surface area contributed by atoms with Crippen LogP contribution < -0.4 is 0 Å². The second kappa shape index (κ2) is 3.07. The number of benzene rings is 2. The Morgan fingerprint density at radius 3 is 2.65 bits per heavy atom. The number of fused-ring (bicyclic) bond motifs is 5. The first-order chi connectivity index (χ1) is 8.34. The minimum atomic E-state index is 0.338. The van der Waals surface area contributed by atoms with E-state index in [1.54, 1.807) is 0 Å². The zero-order chi connectivity index (χ0) is 11.4. The number of hydrogen-bond donors (Lipinski definition) is 0. The third kappa shape index (κ3) is 1.11. The lowest BCUT2D eigenvalue weighted by molar-refractivity contribution is 0.0994. The van der Waals surface area contributed by atoms with E-state index in [0.717, 1.165) is 18.4 Å². The maximum Gasteiger partial charge on any atom is 0.163 e. The molecule has 0 atom stereocenters. The average molecular weight is 220 g/mol. The van der Waals surface area contributed by atoms with Gasteiger partial charge in [-0.25, -0.2) is 0 Å². The molecule has 0 aromatic heterocycles. The Labute approximate surface area is 100 Å². The van der Waals surface area contributed by atoms with Crippen LogP contribution in [0.4, 0.5) is 0 Å². The third-order valence-corrected chi connectivity index (χ3v) is 3.97. The molecule has 2 aromatic rings. The second-order valence-electron chi connectivity index (χ2n) is 4.88. The molecule has 0 amide bonds. The number of carbonyl (C=O) groups is 1. The van der Waals surface area contributed by atoms with Crippen molar-refractivity contribution in [2.24, 2.45) is 0 Å². The fourth-order valence-corrected chi connectivity index (χ4v) is 3.19. The normalized spacial score (nSPS) is 15.6. The predicted octanol–water partition coefficient (Wildman–Crippen LogP) is 3.39. The summed E-state index contributed by atoms with van der Waals surface area (Å²) >= 11 is 0. The lowest BCUT2D eigenvalue weighted by atomic mass is 9.98. The minimum absolute atomic E-state index is 0.338. The van der Waals surface area contributed by atoms with Gasteiger partial charge in [-0.1, -0.05) is 36.4 Å². The Bertz CT molecular complexity index is 653. The van der Waals surface area contributed by atoms with Crippen molar-refractivity contribution in [3.05, 3.63) is 58.7 Å². The fourth-order valence-electron chi connectivity index (χ4n) is 3.19. The Balaban J connectivity index is 2.04. The molecule has 82 valence electrons. The monoisotopic (exact) mass is 220 g/mol. The average Bonchev–Trinajstić information content (AvgIpc) is 2.90. The van der Waals surface area contributed by atoms with Crippen LogP contribution in [0.1, 0.15) is 33.5 Å². The summed E-state index contributed by atoms with van der Waals surface area (Å²) in [5.74, 6) is 0.338. The molecule has 0 saturated heterocycles. The molecular weight excluding hydrogens is 208 g/mol. The first-order valence-electron chi connectivity index (χ1n) is 6.11. The molecule has 0 fully saturated rings. The van der Waals surface area contributed by atoms with Crippen LogP contribution in [0.15, 0.2) is 36.4 Å². The standard InChI is InChI=1S/C16H12O/c17-15-8-6-10-5-7-13-12-4-2-1-3-11(12)9-14(13)16(10)15/h1-5,7H,6,8-9H2. The molecule has 0 aliphatic heterocycles. The Morgan fingerprint density at radius 1 is 0.824 bits per heavy atom. The van der Waals surface area contributed by atoms with Crippen LogP contribution >= 0.6 is 0 Å². The van der Waals surface area contributed by atoms with Crippen molar-refractivity contribution in [1.29, 1.82) is 0 Å². The van der Waals surface area contributed by atoms with Crippen LogP contribution in [0, 0.1) is 0 Å². The van der Waals surface area contributed by atoms with Crippen LogP contribution in [-0.4, -0.2) is 5.78 Å². The molecule has 0 N–H and O–H groups in total.